The lowest BCUT2D eigenvalue weighted by atomic mass is 9.65. The molecule has 2 heterocycles. The highest BCUT2D eigenvalue weighted by atomic mass is 35.5. The first-order valence-corrected chi connectivity index (χ1v) is 21.3. The molecule has 13 heteroatoms. The summed E-state index contributed by atoms with van der Waals surface area (Å²) in [4.78, 5) is 65.4. The van der Waals surface area contributed by atoms with Crippen LogP contribution in [-0.4, -0.2) is 78.0 Å². The van der Waals surface area contributed by atoms with E-state index in [1.165, 1.54) is 0 Å². The minimum Gasteiger partial charge on any atom is -0.497 e. The van der Waals surface area contributed by atoms with E-state index in [1.807, 2.05) is 0 Å². The van der Waals surface area contributed by atoms with Crippen LogP contribution in [-0.2, 0) is 39.8 Å². The molecule has 6 rings (SSSR count). The number of benzene rings is 2. The fourth-order valence-corrected chi connectivity index (χ4v) is 9.02. The van der Waals surface area contributed by atoms with Crippen molar-refractivity contribution in [1.82, 2.24) is 9.88 Å². The summed E-state index contributed by atoms with van der Waals surface area (Å²) in [6, 6.07) is 11.9. The molecule has 1 aliphatic heterocycles. The van der Waals surface area contributed by atoms with E-state index in [4.69, 9.17) is 30.5 Å². The van der Waals surface area contributed by atoms with Crippen LogP contribution >= 0.6 is 11.6 Å². The summed E-state index contributed by atoms with van der Waals surface area (Å²) in [5.74, 6) is -0.660. The number of hydrogen-bond acceptors (Lipinski definition) is 10. The maximum absolute atomic E-state index is 13.8. The highest BCUT2D eigenvalue weighted by Gasteiger charge is 2.43. The molecule has 2 aromatic carbocycles. The number of amides is 1. The number of nitrogens with zero attached hydrogens (tertiary/aromatic N) is 1. The number of ether oxygens (including phenoxy) is 4. The Balaban J connectivity index is 0.996. The quantitative estimate of drug-likeness (QED) is 0.0893. The topological polar surface area (TPSA) is 159 Å². The molecule has 322 valence electrons. The Morgan fingerprint density at radius 1 is 1.05 bits per heavy atom. The number of esters is 3. The normalized spacial score (nSPS) is 23.9. The molecule has 1 aromatic heterocycles. The highest BCUT2D eigenvalue weighted by molar-refractivity contribution is 6.30. The summed E-state index contributed by atoms with van der Waals surface area (Å²) in [6.07, 6.45) is 7.97. The smallest absolute Gasteiger partial charge is 0.311 e. The summed E-state index contributed by atoms with van der Waals surface area (Å²) < 4.78 is 24.4. The summed E-state index contributed by atoms with van der Waals surface area (Å²) in [5.41, 5.74) is 2.49. The number of carbonyl (C=O) groups excluding carboxylic acids is 5. The molecule has 2 aliphatic carbocycles. The number of aliphatic hydroxyl groups excluding tert-OH is 1. The summed E-state index contributed by atoms with van der Waals surface area (Å²) in [5, 5.41) is 14.1. The van der Waals surface area contributed by atoms with Gasteiger partial charge in [-0.25, -0.2) is 0 Å². The lowest BCUT2D eigenvalue weighted by molar-refractivity contribution is -0.166. The Labute approximate surface area is 356 Å². The fraction of sp³-hybridized carbons (Fsp3) is 0.511. The Kier molecular flexibility index (Phi) is 14.3. The van der Waals surface area contributed by atoms with Gasteiger partial charge in [0.05, 0.1) is 43.5 Å². The van der Waals surface area contributed by atoms with E-state index >= 15 is 0 Å². The van der Waals surface area contributed by atoms with Crippen molar-refractivity contribution < 1.29 is 48.0 Å². The number of allylic oxidation sites excluding steroid dienone is 3. The van der Waals surface area contributed by atoms with Gasteiger partial charge in [0.15, 0.2) is 0 Å². The molecule has 12 nitrogen and oxygen atoms in total. The van der Waals surface area contributed by atoms with E-state index < -0.39 is 17.5 Å². The lowest BCUT2D eigenvalue weighted by Crippen LogP contribution is -2.43. The zero-order valence-corrected chi connectivity index (χ0v) is 36.1. The van der Waals surface area contributed by atoms with Crippen molar-refractivity contribution in [2.45, 2.75) is 104 Å². The van der Waals surface area contributed by atoms with Gasteiger partial charge in [-0.2, -0.15) is 0 Å². The molecule has 0 spiro atoms. The third-order valence-corrected chi connectivity index (χ3v) is 12.5. The number of rotatable bonds is 15. The summed E-state index contributed by atoms with van der Waals surface area (Å²) in [7, 11) is 1.55. The first-order chi connectivity index (χ1) is 28.5. The molecule has 0 bridgehead atoms. The predicted molar refractivity (Wildman–Crippen MR) is 226 cm³/mol. The van der Waals surface area contributed by atoms with E-state index in [9.17, 15) is 29.1 Å². The largest absolute Gasteiger partial charge is 0.497 e. The molecule has 7 atom stereocenters. The number of nitrogens with one attached hydrogen (secondary N) is 1. The molecule has 0 saturated carbocycles. The molecule has 0 radical (unpaired) electrons. The van der Waals surface area contributed by atoms with Gasteiger partial charge in [0, 0.05) is 40.4 Å². The number of carbonyl (C=O) groups is 5. The molecular weight excluding hydrogens is 788 g/mol. The Morgan fingerprint density at radius 3 is 2.52 bits per heavy atom. The summed E-state index contributed by atoms with van der Waals surface area (Å²) >= 11 is 6.05. The number of aromatic nitrogens is 1. The van der Waals surface area contributed by atoms with Crippen molar-refractivity contribution in [3.63, 3.8) is 0 Å². The number of methoxy groups -OCH3 is 1. The van der Waals surface area contributed by atoms with E-state index in [-0.39, 0.29) is 98.5 Å². The average Bonchev–Trinajstić information content (AvgIpc) is 3.47. The molecule has 2 N–H and O–H groups in total. The van der Waals surface area contributed by atoms with E-state index in [1.54, 1.807) is 74.9 Å². The van der Waals surface area contributed by atoms with Crippen LogP contribution in [0.1, 0.15) is 94.3 Å². The van der Waals surface area contributed by atoms with Crippen LogP contribution in [0.3, 0.4) is 0 Å². The zero-order chi connectivity index (χ0) is 43.3. The zero-order valence-electron chi connectivity index (χ0n) is 35.3. The second kappa shape index (κ2) is 19.2. The van der Waals surface area contributed by atoms with Gasteiger partial charge in [-0.3, -0.25) is 28.5 Å². The van der Waals surface area contributed by atoms with Crippen LogP contribution in [0.4, 0.5) is 0 Å². The molecule has 1 saturated heterocycles. The highest BCUT2D eigenvalue weighted by Crippen LogP contribution is 2.46. The van der Waals surface area contributed by atoms with Gasteiger partial charge >= 0.3 is 17.9 Å². The van der Waals surface area contributed by atoms with Crippen molar-refractivity contribution in [2.24, 2.45) is 29.1 Å². The predicted octanol–water partition coefficient (Wildman–Crippen LogP) is 7.47. The van der Waals surface area contributed by atoms with Crippen LogP contribution in [0.25, 0.3) is 10.9 Å². The third-order valence-electron chi connectivity index (χ3n) is 12.3. The van der Waals surface area contributed by atoms with Crippen LogP contribution in [0, 0.1) is 36.0 Å². The van der Waals surface area contributed by atoms with Gasteiger partial charge in [-0.15, -0.1) is 0 Å². The summed E-state index contributed by atoms with van der Waals surface area (Å²) in [6.45, 7) is 9.65. The van der Waals surface area contributed by atoms with E-state index in [0.717, 1.165) is 12.0 Å². The second-order valence-electron chi connectivity index (χ2n) is 17.2. The minimum absolute atomic E-state index is 0.0154. The Bertz CT molecular complexity index is 2150. The van der Waals surface area contributed by atoms with Gasteiger partial charge in [0.25, 0.3) is 5.91 Å². The molecule has 3 aliphatic rings. The number of halogens is 1. The maximum atomic E-state index is 13.8. The van der Waals surface area contributed by atoms with Crippen molar-refractivity contribution >= 4 is 52.2 Å². The first-order valence-electron chi connectivity index (χ1n) is 20.9. The van der Waals surface area contributed by atoms with Crippen LogP contribution in [0.15, 0.2) is 66.3 Å². The van der Waals surface area contributed by atoms with Crippen LogP contribution in [0.2, 0.25) is 5.02 Å². The van der Waals surface area contributed by atoms with E-state index in [2.05, 4.69) is 37.4 Å². The van der Waals surface area contributed by atoms with E-state index in [0.29, 0.717) is 57.8 Å². The van der Waals surface area contributed by atoms with Crippen LogP contribution in [0.5, 0.6) is 5.75 Å². The molecule has 1 fully saturated rings. The van der Waals surface area contributed by atoms with Gasteiger partial charge in [-0.05, 0) is 118 Å². The maximum Gasteiger partial charge on any atom is 0.311 e. The van der Waals surface area contributed by atoms with Gasteiger partial charge in [-0.1, -0.05) is 43.7 Å². The minimum atomic E-state index is -0.943. The van der Waals surface area contributed by atoms with Crippen LogP contribution < -0.4 is 10.1 Å². The van der Waals surface area contributed by atoms with Gasteiger partial charge in [0.1, 0.15) is 24.6 Å². The van der Waals surface area contributed by atoms with Crippen molar-refractivity contribution in [3.8, 4) is 5.75 Å². The number of cyclic esters (lactones) is 1. The van der Waals surface area contributed by atoms with Gasteiger partial charge in [0.2, 0.25) is 5.91 Å². The fourth-order valence-electron chi connectivity index (χ4n) is 8.90. The SMILES string of the molecule is COc1ccc2c(c1)c(CC(=O)OCCNC(=O)CCC(C)(C)C(=O)O[C@H]1C[C@@H](C)C=C3C=C[C@H](C)[C@H](CC[C@@H]4C[C@@H](O)CC(=O)O4)[C@H]31)c(C)n2C(=O)c1ccc(Cl)cc1. The Morgan fingerprint density at radius 2 is 1.80 bits per heavy atom. The number of fused-ring (bicyclic) bond motifs is 2. The molecule has 0 unspecified atom stereocenters. The van der Waals surface area contributed by atoms with Crippen molar-refractivity contribution in [1.29, 1.82) is 0 Å². The second-order valence-corrected chi connectivity index (χ2v) is 17.7. The average molecular weight is 845 g/mol. The molecular formula is C47H57ClN2O10. The number of aliphatic hydroxyl groups is 1. The lowest BCUT2D eigenvalue weighted by Gasteiger charge is -2.44. The number of hydrogen-bond donors (Lipinski definition) is 2. The van der Waals surface area contributed by atoms with Gasteiger partial charge < -0.3 is 29.4 Å². The first kappa shape index (κ1) is 44.6. The monoisotopic (exact) mass is 844 g/mol. The standard InChI is InChI=1S/C47H57ClN2O10/c1-27-21-31-8-7-28(2)36(15-13-35-23-33(51)24-43(54)59-35)44(31)40(22-27)60-46(56)47(4,5)18-17-41(52)49-19-20-58-42(53)26-37-29(3)50(39-16-14-34(57-6)25-38(37)39)45(55)30-9-11-32(48)12-10-30/h7-12,14,16,21,25,27-28,33,35-36,40,44,51H,13,15,17-20,22-24,26H2,1-6H3,(H,49,52)/t27-,28-,33+,35+,36-,40-,44-/m0/s1. The molecule has 1 amide bonds. The molecule has 60 heavy (non-hydrogen) atoms. The molecule has 3 aromatic rings. The van der Waals surface area contributed by atoms with Crippen molar-refractivity contribution in [3.05, 3.63) is 88.1 Å². The third kappa shape index (κ3) is 10.5. The Hall–Kier alpha value is -4.94. The van der Waals surface area contributed by atoms with Crippen molar-refractivity contribution in [2.75, 3.05) is 20.3 Å².